The summed E-state index contributed by atoms with van der Waals surface area (Å²) in [6.07, 6.45) is 6.68. The zero-order chi connectivity index (χ0) is 12.6. The van der Waals surface area contributed by atoms with Gasteiger partial charge in [0.15, 0.2) is 0 Å². The molecular weight excluding hydrogens is 274 g/mol. The molecule has 1 N–H and O–H groups in total. The normalized spacial score (nSPS) is 13.6. The van der Waals surface area contributed by atoms with Crippen molar-refractivity contribution in [2.24, 2.45) is 11.8 Å². The van der Waals surface area contributed by atoms with Gasteiger partial charge in [-0.1, -0.05) is 47.0 Å². The van der Waals surface area contributed by atoms with Gasteiger partial charge in [0, 0.05) is 5.54 Å². The molecule has 0 saturated heterocycles. The number of nitrogens with one attached hydrogen (secondary N) is 1. The third kappa shape index (κ3) is 12.7. The van der Waals surface area contributed by atoms with Crippen LogP contribution in [0.1, 0.15) is 73.6 Å². The van der Waals surface area contributed by atoms with Crippen molar-refractivity contribution in [1.29, 1.82) is 0 Å². The zero-order valence-electron chi connectivity index (χ0n) is 12.8. The summed E-state index contributed by atoms with van der Waals surface area (Å²) in [4.78, 5) is 0. The predicted molar refractivity (Wildman–Crippen MR) is 85.2 cm³/mol. The molecule has 2 heteroatoms. The Morgan fingerprint density at radius 2 is 1.65 bits per heavy atom. The van der Waals surface area contributed by atoms with Crippen molar-refractivity contribution >= 4 is 17.0 Å². The van der Waals surface area contributed by atoms with Gasteiger partial charge in [0.05, 0.1) is 0 Å². The quantitative estimate of drug-likeness (QED) is 0.617. The Labute approximate surface area is 120 Å². The Balaban J connectivity index is 0. The summed E-state index contributed by atoms with van der Waals surface area (Å²) in [5.74, 6) is 1.71. The van der Waals surface area contributed by atoms with Crippen LogP contribution in [0.2, 0.25) is 0 Å². The fraction of sp³-hybridized carbons (Fsp3) is 1.00. The first-order valence-corrected chi connectivity index (χ1v) is 7.12. The van der Waals surface area contributed by atoms with Gasteiger partial charge in [-0.25, -0.2) is 0 Å². The topological polar surface area (TPSA) is 12.0 Å². The Bertz CT molecular complexity index is 166. The Morgan fingerprint density at radius 1 is 1.06 bits per heavy atom. The van der Waals surface area contributed by atoms with E-state index < -0.39 is 0 Å². The van der Waals surface area contributed by atoms with Crippen LogP contribution in [0.25, 0.3) is 0 Å². The van der Waals surface area contributed by atoms with Crippen molar-refractivity contribution in [1.82, 2.24) is 5.32 Å². The van der Waals surface area contributed by atoms with Crippen LogP contribution in [0, 0.1) is 11.8 Å². The van der Waals surface area contributed by atoms with Crippen molar-refractivity contribution in [3.8, 4) is 0 Å². The molecule has 0 aromatic rings. The summed E-state index contributed by atoms with van der Waals surface area (Å²) in [7, 11) is 0. The Kier molecular flexibility index (Phi) is 12.1. The largest absolute Gasteiger partial charge is 0.312 e. The molecule has 0 fully saturated rings. The van der Waals surface area contributed by atoms with E-state index in [1.807, 2.05) is 0 Å². The van der Waals surface area contributed by atoms with E-state index in [0.29, 0.717) is 5.54 Å². The molecule has 0 spiro atoms. The van der Waals surface area contributed by atoms with Gasteiger partial charge < -0.3 is 5.32 Å². The highest BCUT2D eigenvalue weighted by Gasteiger charge is 2.19. The SMILES string of the molecule is Br.CCCNC(C)(C)CC(C)CCCC(C)C. The smallest absolute Gasteiger partial charge is 0.0127 e. The molecule has 0 saturated carbocycles. The number of halogens is 1. The van der Waals surface area contributed by atoms with Gasteiger partial charge in [-0.05, 0) is 45.1 Å². The van der Waals surface area contributed by atoms with Gasteiger partial charge in [-0.3, -0.25) is 0 Å². The van der Waals surface area contributed by atoms with Crippen molar-refractivity contribution in [3.63, 3.8) is 0 Å². The molecule has 0 bridgehead atoms. The zero-order valence-corrected chi connectivity index (χ0v) is 14.5. The monoisotopic (exact) mass is 307 g/mol. The minimum Gasteiger partial charge on any atom is -0.312 e. The predicted octanol–water partition coefficient (Wildman–Crippen LogP) is 5.20. The highest BCUT2D eigenvalue weighted by Crippen LogP contribution is 2.21. The summed E-state index contributed by atoms with van der Waals surface area (Å²) < 4.78 is 0. The molecule has 0 aliphatic carbocycles. The first-order valence-electron chi connectivity index (χ1n) is 7.12. The Morgan fingerprint density at radius 3 is 2.12 bits per heavy atom. The summed E-state index contributed by atoms with van der Waals surface area (Å²) in [6, 6.07) is 0. The molecular formula is C15H34BrN. The second-order valence-corrected chi connectivity index (χ2v) is 6.44. The van der Waals surface area contributed by atoms with Crippen molar-refractivity contribution in [2.45, 2.75) is 79.2 Å². The second kappa shape index (κ2) is 10.4. The highest BCUT2D eigenvalue weighted by molar-refractivity contribution is 8.93. The summed E-state index contributed by atoms with van der Waals surface area (Å²) in [5.41, 5.74) is 0.313. The molecule has 1 unspecified atom stereocenters. The van der Waals surface area contributed by atoms with Crippen molar-refractivity contribution < 1.29 is 0 Å². The standard InChI is InChI=1S/C15H33N.BrH/c1-7-11-16-15(5,6)12-14(4)10-8-9-13(2)3;/h13-14,16H,7-12H2,1-6H3;1H. The molecule has 0 rings (SSSR count). The maximum Gasteiger partial charge on any atom is 0.0127 e. The van der Waals surface area contributed by atoms with Crippen LogP contribution in [-0.2, 0) is 0 Å². The number of hydrogen-bond donors (Lipinski definition) is 1. The van der Waals surface area contributed by atoms with Crippen LogP contribution in [0.5, 0.6) is 0 Å². The summed E-state index contributed by atoms with van der Waals surface area (Å²) in [6.45, 7) is 15.1. The lowest BCUT2D eigenvalue weighted by Crippen LogP contribution is -2.41. The van der Waals surface area contributed by atoms with Gasteiger partial charge in [0.1, 0.15) is 0 Å². The van der Waals surface area contributed by atoms with Gasteiger partial charge in [0.2, 0.25) is 0 Å². The maximum absolute atomic E-state index is 3.64. The van der Waals surface area contributed by atoms with Gasteiger partial charge >= 0.3 is 0 Å². The van der Waals surface area contributed by atoms with Gasteiger partial charge in [-0.2, -0.15) is 0 Å². The molecule has 0 amide bonds. The van der Waals surface area contributed by atoms with Crippen molar-refractivity contribution in [2.75, 3.05) is 6.54 Å². The van der Waals surface area contributed by atoms with E-state index in [-0.39, 0.29) is 17.0 Å². The summed E-state index contributed by atoms with van der Waals surface area (Å²) >= 11 is 0. The molecule has 17 heavy (non-hydrogen) atoms. The minimum absolute atomic E-state index is 0. The molecule has 0 aliphatic rings. The lowest BCUT2D eigenvalue weighted by atomic mass is 9.88. The molecule has 0 aromatic heterocycles. The first kappa shape index (κ1) is 19.8. The van der Waals surface area contributed by atoms with E-state index in [2.05, 4.69) is 46.9 Å². The van der Waals surface area contributed by atoms with Crippen LogP contribution in [0.15, 0.2) is 0 Å². The van der Waals surface area contributed by atoms with Gasteiger partial charge in [-0.15, -0.1) is 17.0 Å². The van der Waals surface area contributed by atoms with E-state index in [9.17, 15) is 0 Å². The molecule has 0 aliphatic heterocycles. The van der Waals surface area contributed by atoms with Gasteiger partial charge in [0.25, 0.3) is 0 Å². The van der Waals surface area contributed by atoms with Crippen LogP contribution < -0.4 is 5.32 Å². The molecule has 0 aromatic carbocycles. The highest BCUT2D eigenvalue weighted by atomic mass is 79.9. The molecule has 1 nitrogen and oxygen atoms in total. The molecule has 0 radical (unpaired) electrons. The van der Waals surface area contributed by atoms with E-state index in [4.69, 9.17) is 0 Å². The minimum atomic E-state index is 0. The van der Waals surface area contributed by atoms with Crippen molar-refractivity contribution in [3.05, 3.63) is 0 Å². The van der Waals surface area contributed by atoms with E-state index in [1.54, 1.807) is 0 Å². The average molecular weight is 308 g/mol. The lowest BCUT2D eigenvalue weighted by molar-refractivity contribution is 0.292. The van der Waals surface area contributed by atoms with E-state index in [1.165, 1.54) is 32.1 Å². The third-order valence-corrected chi connectivity index (χ3v) is 3.19. The molecule has 106 valence electrons. The van der Waals surface area contributed by atoms with Crippen LogP contribution in [0.3, 0.4) is 0 Å². The fourth-order valence-electron chi connectivity index (χ4n) is 2.38. The van der Waals surface area contributed by atoms with Crippen LogP contribution >= 0.6 is 17.0 Å². The van der Waals surface area contributed by atoms with Crippen LogP contribution in [-0.4, -0.2) is 12.1 Å². The van der Waals surface area contributed by atoms with Crippen LogP contribution in [0.4, 0.5) is 0 Å². The lowest BCUT2D eigenvalue weighted by Gasteiger charge is -2.29. The number of hydrogen-bond acceptors (Lipinski definition) is 1. The van der Waals surface area contributed by atoms with E-state index in [0.717, 1.165) is 18.4 Å². The molecule has 1 atom stereocenters. The summed E-state index contributed by atoms with van der Waals surface area (Å²) in [5, 5.41) is 3.64. The average Bonchev–Trinajstić information content (AvgIpc) is 2.13. The maximum atomic E-state index is 3.64. The van der Waals surface area contributed by atoms with E-state index >= 15 is 0 Å². The Hall–Kier alpha value is 0.440. The molecule has 0 heterocycles. The first-order chi connectivity index (χ1) is 7.37. The third-order valence-electron chi connectivity index (χ3n) is 3.19. The number of rotatable bonds is 9. The fourth-order valence-corrected chi connectivity index (χ4v) is 2.38. The second-order valence-electron chi connectivity index (χ2n) is 6.44.